The first-order valence-corrected chi connectivity index (χ1v) is 21.4. The number of hydrogen-bond acceptors (Lipinski definition) is 10. The highest BCUT2D eigenvalue weighted by Gasteiger charge is 2.65. The van der Waals surface area contributed by atoms with Gasteiger partial charge in [0.15, 0.2) is 0 Å². The highest BCUT2D eigenvalue weighted by Crippen LogP contribution is 2.62. The summed E-state index contributed by atoms with van der Waals surface area (Å²) in [5.74, 6) is -0.306. The predicted molar refractivity (Wildman–Crippen MR) is 231 cm³/mol. The second-order valence-corrected chi connectivity index (χ2v) is 15.7. The summed E-state index contributed by atoms with van der Waals surface area (Å²) < 4.78 is 26.6. The van der Waals surface area contributed by atoms with Gasteiger partial charge in [-0.15, -0.1) is 13.2 Å². The third-order valence-corrected chi connectivity index (χ3v) is 11.7. The summed E-state index contributed by atoms with van der Waals surface area (Å²) in [7, 11) is 0. The van der Waals surface area contributed by atoms with Crippen LogP contribution in [-0.4, -0.2) is 78.0 Å². The number of nitrogens with zero attached hydrogens (tertiary/aromatic N) is 2. The molecule has 0 unspecified atom stereocenters. The maximum Gasteiger partial charge on any atom is 0.410 e. The minimum absolute atomic E-state index is 0.0383. The van der Waals surface area contributed by atoms with Crippen LogP contribution in [0.5, 0.6) is 17.2 Å². The molecular formula is C49H60N2O9. The summed E-state index contributed by atoms with van der Waals surface area (Å²) in [4.78, 5) is 33.8. The number of amides is 1. The van der Waals surface area contributed by atoms with Crippen LogP contribution in [0.2, 0.25) is 0 Å². The molecule has 2 N–H and O–H groups in total. The largest absolute Gasteiger partial charge is 0.459 e. The molecule has 1 saturated carbocycles. The van der Waals surface area contributed by atoms with Crippen molar-refractivity contribution in [2.45, 2.75) is 89.1 Å². The summed E-state index contributed by atoms with van der Waals surface area (Å²) in [6.45, 7) is 11.0. The molecule has 320 valence electrons. The number of allylic oxidation sites excluding steroid dienone is 1. The van der Waals surface area contributed by atoms with Crippen molar-refractivity contribution in [2.75, 3.05) is 33.0 Å². The van der Waals surface area contributed by atoms with Gasteiger partial charge in [0.25, 0.3) is 0 Å². The maximum absolute atomic E-state index is 14.3. The van der Waals surface area contributed by atoms with E-state index in [2.05, 4.69) is 19.2 Å². The van der Waals surface area contributed by atoms with Gasteiger partial charge in [0.2, 0.25) is 5.79 Å². The van der Waals surface area contributed by atoms with Crippen LogP contribution in [-0.2, 0) is 20.9 Å². The summed E-state index contributed by atoms with van der Waals surface area (Å²) in [5.41, 5.74) is 4.04. The highest BCUT2D eigenvalue weighted by atomic mass is 16.7. The molecule has 1 heterocycles. The Kier molecular flexibility index (Phi) is 16.1. The van der Waals surface area contributed by atoms with E-state index in [9.17, 15) is 19.8 Å². The van der Waals surface area contributed by atoms with E-state index in [1.165, 1.54) is 0 Å². The minimum atomic E-state index is -1.41. The van der Waals surface area contributed by atoms with Crippen molar-refractivity contribution < 1.29 is 43.6 Å². The molecule has 60 heavy (non-hydrogen) atoms. The topological polar surface area (TPSA) is 136 Å². The molecule has 11 heteroatoms. The first kappa shape index (κ1) is 44.3. The van der Waals surface area contributed by atoms with E-state index in [0.717, 1.165) is 48.7 Å². The third-order valence-electron chi connectivity index (χ3n) is 11.7. The number of aliphatic hydroxyl groups is 2. The molecule has 0 bridgehead atoms. The van der Waals surface area contributed by atoms with E-state index in [1.54, 1.807) is 35.3 Å². The van der Waals surface area contributed by atoms with Gasteiger partial charge in [0.05, 0.1) is 24.8 Å². The predicted octanol–water partition coefficient (Wildman–Crippen LogP) is 9.55. The van der Waals surface area contributed by atoms with Gasteiger partial charge in [-0.25, -0.2) is 4.79 Å². The number of benzene rings is 3. The fourth-order valence-electron chi connectivity index (χ4n) is 9.19. The van der Waals surface area contributed by atoms with Crippen molar-refractivity contribution in [1.29, 1.82) is 0 Å². The number of oxime groups is 1. The summed E-state index contributed by atoms with van der Waals surface area (Å²) in [6, 6.07) is 22.0. The molecule has 6 atom stereocenters. The minimum Gasteiger partial charge on any atom is -0.459 e. The molecule has 6 rings (SSSR count). The Labute approximate surface area is 354 Å². The Morgan fingerprint density at radius 3 is 2.48 bits per heavy atom. The Balaban J connectivity index is 1.57. The number of hydrogen-bond donors (Lipinski definition) is 2. The molecule has 3 aromatic rings. The van der Waals surface area contributed by atoms with Gasteiger partial charge in [0, 0.05) is 43.2 Å². The van der Waals surface area contributed by atoms with Crippen LogP contribution < -0.4 is 9.47 Å². The molecule has 1 amide bonds. The fraction of sp³-hybridized carbons (Fsp3) is 0.449. The Bertz CT molecular complexity index is 1960. The normalized spacial score (nSPS) is 23.3. The Morgan fingerprint density at radius 1 is 0.967 bits per heavy atom. The molecule has 0 radical (unpaired) electrons. The second kappa shape index (κ2) is 21.9. The molecule has 2 aliphatic carbocycles. The zero-order valence-corrected chi connectivity index (χ0v) is 34.8. The molecule has 11 nitrogen and oxygen atoms in total. The van der Waals surface area contributed by atoms with E-state index < -0.39 is 23.8 Å². The quantitative estimate of drug-likeness (QED) is 0.0415. The monoisotopic (exact) mass is 820 g/mol. The van der Waals surface area contributed by atoms with Crippen molar-refractivity contribution in [3.63, 3.8) is 0 Å². The first-order chi connectivity index (χ1) is 29.4. The third kappa shape index (κ3) is 10.2. The molecule has 3 aromatic carbocycles. The lowest BCUT2D eigenvalue weighted by atomic mass is 9.55. The van der Waals surface area contributed by atoms with Gasteiger partial charge >= 0.3 is 6.09 Å². The van der Waals surface area contributed by atoms with Gasteiger partial charge < -0.3 is 34.0 Å². The van der Waals surface area contributed by atoms with Crippen LogP contribution >= 0.6 is 0 Å². The van der Waals surface area contributed by atoms with Crippen LogP contribution in [0, 0.1) is 17.8 Å². The fourth-order valence-corrected chi connectivity index (χ4v) is 9.19. The number of aldehydes is 1. The van der Waals surface area contributed by atoms with Gasteiger partial charge in [-0.2, -0.15) is 0 Å². The molecular weight excluding hydrogens is 761 g/mol. The van der Waals surface area contributed by atoms with E-state index >= 15 is 0 Å². The lowest BCUT2D eigenvalue weighted by Crippen LogP contribution is -2.70. The van der Waals surface area contributed by atoms with Crippen LogP contribution in [0.25, 0.3) is 0 Å². The van der Waals surface area contributed by atoms with Crippen molar-refractivity contribution in [2.24, 2.45) is 22.9 Å². The molecule has 0 aromatic heterocycles. The van der Waals surface area contributed by atoms with Gasteiger partial charge in [-0.1, -0.05) is 85.6 Å². The van der Waals surface area contributed by atoms with Gasteiger partial charge in [-0.05, 0) is 91.8 Å². The Hall–Kier alpha value is -5.23. The van der Waals surface area contributed by atoms with Gasteiger partial charge in [-0.3, -0.25) is 9.69 Å². The summed E-state index contributed by atoms with van der Waals surface area (Å²) in [5, 5.41) is 24.7. The number of rotatable bonds is 23. The van der Waals surface area contributed by atoms with Crippen molar-refractivity contribution in [3.05, 3.63) is 126 Å². The van der Waals surface area contributed by atoms with E-state index in [-0.39, 0.29) is 57.2 Å². The van der Waals surface area contributed by atoms with Crippen LogP contribution in [0.4, 0.5) is 4.79 Å². The average molecular weight is 821 g/mol. The van der Waals surface area contributed by atoms with Crippen LogP contribution in [0.1, 0.15) is 92.1 Å². The number of carbonyl (C=O) groups excluding carboxylic acids is 2. The van der Waals surface area contributed by atoms with E-state index in [4.69, 9.17) is 28.9 Å². The number of ether oxygens (including phenoxy) is 4. The maximum atomic E-state index is 14.3. The summed E-state index contributed by atoms with van der Waals surface area (Å²) >= 11 is 0. The van der Waals surface area contributed by atoms with Crippen molar-refractivity contribution in [3.8, 4) is 17.2 Å². The molecule has 0 saturated heterocycles. The molecule has 0 spiro atoms. The molecule has 1 fully saturated rings. The Morgan fingerprint density at radius 2 is 1.75 bits per heavy atom. The zero-order valence-electron chi connectivity index (χ0n) is 34.8. The number of carbonyl (C=O) groups is 2. The van der Waals surface area contributed by atoms with Gasteiger partial charge in [0.1, 0.15) is 36.2 Å². The van der Waals surface area contributed by atoms with E-state index in [0.29, 0.717) is 60.8 Å². The average Bonchev–Trinajstić information content (AvgIpc) is 3.27. The first-order valence-electron chi connectivity index (χ1n) is 21.4. The van der Waals surface area contributed by atoms with Crippen molar-refractivity contribution in [1.82, 2.24) is 4.90 Å². The zero-order chi connectivity index (χ0) is 42.3. The standard InChI is InChI=1S/C49H60N2O9/c1-4-7-28-56-48(55)51(24-5-2)45-32-43(50-58-34-35-16-9-8-10-17-35)41-30-37(19-11-13-25-52)40(21-12-14-26-53)46-42-31-39(59-38-20-15-18-36(29-38)33-54)22-23-44(42)60-49(45,47(41)46)57-27-6-3/h4,6,8-10,15-18,20,22-23,29-31,33,37,40,45-47,52-53H,1,3,5,7,11-14,19,21,24-28,32,34H2,2H3/t37-,40+,45-,46+,47+,49+/m0/s1. The highest BCUT2D eigenvalue weighted by molar-refractivity contribution is 6.03. The van der Waals surface area contributed by atoms with Crippen molar-refractivity contribution >= 4 is 18.1 Å². The lowest BCUT2D eigenvalue weighted by Gasteiger charge is -2.59. The lowest BCUT2D eigenvalue weighted by molar-refractivity contribution is -0.255. The van der Waals surface area contributed by atoms with Crippen LogP contribution in [0.3, 0.4) is 0 Å². The second-order valence-electron chi connectivity index (χ2n) is 15.7. The molecule has 3 aliphatic rings. The summed E-state index contributed by atoms with van der Waals surface area (Å²) in [6.07, 6.45) is 12.0. The SMILES string of the molecule is C=CCCOC(=O)N(CCC)[C@H]1CC(=NOCc2ccccc2)C2=C[C@H](CCCCO)[C@@H](CCCCO)[C@@H]3c4cc(Oc5cccc(C=O)c5)ccc4O[C@@]1(OCC=C)[C@H]23. The number of unbranched alkanes of at least 4 members (excludes halogenated alkanes) is 2. The number of aliphatic hydroxyl groups excluding tert-OH is 2. The molecule has 1 aliphatic heterocycles. The smallest absolute Gasteiger partial charge is 0.410 e. The number of fused-ring (bicyclic) bond motifs is 2. The van der Waals surface area contributed by atoms with E-state index in [1.807, 2.05) is 61.5 Å². The van der Waals surface area contributed by atoms with Crippen LogP contribution in [0.15, 0.2) is 115 Å².